The van der Waals surface area contributed by atoms with Crippen LogP contribution < -0.4 is 10.1 Å². The molecule has 28 heavy (non-hydrogen) atoms. The first-order valence-corrected chi connectivity index (χ1v) is 10.9. The summed E-state index contributed by atoms with van der Waals surface area (Å²) in [5.74, 6) is 0.227. The van der Waals surface area contributed by atoms with Crippen molar-refractivity contribution in [2.24, 2.45) is 0 Å². The number of amides is 1. The van der Waals surface area contributed by atoms with Crippen LogP contribution in [0.5, 0.6) is 5.75 Å². The van der Waals surface area contributed by atoms with Crippen LogP contribution in [0.15, 0.2) is 47.4 Å². The molecule has 0 atom stereocenters. The van der Waals surface area contributed by atoms with Crippen LogP contribution in [0.25, 0.3) is 0 Å². The number of aryl methyl sites for hydroxylation is 2. The van der Waals surface area contributed by atoms with Crippen molar-refractivity contribution in [3.05, 3.63) is 53.6 Å². The number of anilines is 1. The highest BCUT2D eigenvalue weighted by Crippen LogP contribution is 2.26. The highest BCUT2D eigenvalue weighted by Gasteiger charge is 2.26. The Kier molecular flexibility index (Phi) is 6.36. The lowest BCUT2D eigenvalue weighted by Gasteiger charge is -2.26. The van der Waals surface area contributed by atoms with Gasteiger partial charge in [-0.1, -0.05) is 24.1 Å². The second-order valence-corrected chi connectivity index (χ2v) is 9.03. The zero-order chi connectivity index (χ0) is 20.1. The smallest absolute Gasteiger partial charge is 0.262 e. The van der Waals surface area contributed by atoms with E-state index in [2.05, 4.69) is 5.32 Å². The van der Waals surface area contributed by atoms with Gasteiger partial charge in [-0.25, -0.2) is 8.42 Å². The average Bonchev–Trinajstić information content (AvgIpc) is 2.69. The minimum atomic E-state index is -3.48. The van der Waals surface area contributed by atoms with Crippen molar-refractivity contribution < 1.29 is 17.9 Å². The molecular formula is C21H26N2O4S. The van der Waals surface area contributed by atoms with Gasteiger partial charge < -0.3 is 10.1 Å². The van der Waals surface area contributed by atoms with Gasteiger partial charge >= 0.3 is 0 Å². The van der Waals surface area contributed by atoms with Crippen LogP contribution >= 0.6 is 0 Å². The number of carbonyl (C=O) groups is 1. The molecule has 2 aromatic rings. The van der Waals surface area contributed by atoms with Crippen molar-refractivity contribution in [1.82, 2.24) is 4.31 Å². The summed E-state index contributed by atoms with van der Waals surface area (Å²) >= 11 is 0. The van der Waals surface area contributed by atoms with E-state index >= 15 is 0 Å². The summed E-state index contributed by atoms with van der Waals surface area (Å²) in [4.78, 5) is 12.3. The van der Waals surface area contributed by atoms with E-state index in [1.54, 1.807) is 29.4 Å². The number of hydrogen-bond donors (Lipinski definition) is 1. The first-order chi connectivity index (χ1) is 13.4. The monoisotopic (exact) mass is 402 g/mol. The van der Waals surface area contributed by atoms with E-state index in [4.69, 9.17) is 4.74 Å². The summed E-state index contributed by atoms with van der Waals surface area (Å²) in [6, 6.07) is 12.3. The predicted molar refractivity (Wildman–Crippen MR) is 109 cm³/mol. The Morgan fingerprint density at radius 3 is 2.36 bits per heavy atom. The van der Waals surface area contributed by atoms with E-state index in [9.17, 15) is 13.2 Å². The molecule has 1 heterocycles. The van der Waals surface area contributed by atoms with Crippen molar-refractivity contribution in [2.45, 2.75) is 38.0 Å². The predicted octanol–water partition coefficient (Wildman–Crippen LogP) is 3.50. The highest BCUT2D eigenvalue weighted by atomic mass is 32.2. The minimum absolute atomic E-state index is 0.146. The summed E-state index contributed by atoms with van der Waals surface area (Å²) in [7, 11) is -3.48. The molecule has 2 aromatic carbocycles. The number of ether oxygens (including phenoxy) is 1. The Balaban J connectivity index is 1.62. The summed E-state index contributed by atoms with van der Waals surface area (Å²) in [5, 5.41) is 2.77. The number of rotatable bonds is 6. The normalized spacial score (nSPS) is 15.2. The fourth-order valence-electron chi connectivity index (χ4n) is 3.18. The third kappa shape index (κ3) is 4.91. The van der Waals surface area contributed by atoms with Crippen molar-refractivity contribution in [1.29, 1.82) is 0 Å². The van der Waals surface area contributed by atoms with E-state index < -0.39 is 10.0 Å². The van der Waals surface area contributed by atoms with E-state index in [0.717, 1.165) is 24.8 Å². The Labute approximate surface area is 166 Å². The summed E-state index contributed by atoms with van der Waals surface area (Å²) in [6.45, 7) is 4.75. The maximum Gasteiger partial charge on any atom is 0.262 e. The van der Waals surface area contributed by atoms with Crippen molar-refractivity contribution in [2.75, 3.05) is 25.0 Å². The lowest BCUT2D eigenvalue weighted by Crippen LogP contribution is -2.35. The van der Waals surface area contributed by atoms with Gasteiger partial charge in [-0.2, -0.15) is 4.31 Å². The van der Waals surface area contributed by atoms with E-state index in [1.165, 1.54) is 0 Å². The average molecular weight is 403 g/mol. The Bertz CT molecular complexity index is 933. The molecule has 1 aliphatic heterocycles. The molecule has 0 bridgehead atoms. The molecule has 0 aliphatic carbocycles. The quantitative estimate of drug-likeness (QED) is 0.802. The first kappa shape index (κ1) is 20.4. The minimum Gasteiger partial charge on any atom is -0.483 e. The standard InChI is InChI=1S/C21H26N2O4S/c1-16-6-8-18(9-7-16)22-21(24)15-27-20-11-10-19(14-17(20)2)28(25,26)23-12-4-3-5-13-23/h6-11,14H,3-5,12-13,15H2,1-2H3,(H,22,24). The molecule has 0 radical (unpaired) electrons. The van der Waals surface area contributed by atoms with Gasteiger partial charge in [0.1, 0.15) is 5.75 Å². The zero-order valence-corrected chi connectivity index (χ0v) is 17.1. The fraction of sp³-hybridized carbons (Fsp3) is 0.381. The molecule has 1 amide bonds. The molecule has 0 saturated carbocycles. The molecule has 150 valence electrons. The number of nitrogens with zero attached hydrogens (tertiary/aromatic N) is 1. The third-order valence-corrected chi connectivity index (χ3v) is 6.69. The van der Waals surface area contributed by atoms with Gasteiger partial charge in [0, 0.05) is 18.8 Å². The second kappa shape index (κ2) is 8.75. The summed E-state index contributed by atoms with van der Waals surface area (Å²) < 4.78 is 32.7. The van der Waals surface area contributed by atoms with E-state index in [-0.39, 0.29) is 17.4 Å². The van der Waals surface area contributed by atoms with Gasteiger partial charge in [0.2, 0.25) is 10.0 Å². The Morgan fingerprint density at radius 2 is 1.71 bits per heavy atom. The molecule has 7 heteroatoms. The number of hydrogen-bond acceptors (Lipinski definition) is 4. The molecule has 0 spiro atoms. The Morgan fingerprint density at radius 1 is 1.04 bits per heavy atom. The van der Waals surface area contributed by atoms with Gasteiger partial charge in [0.05, 0.1) is 4.90 Å². The largest absolute Gasteiger partial charge is 0.483 e. The fourth-order valence-corrected chi connectivity index (χ4v) is 4.78. The SMILES string of the molecule is Cc1ccc(NC(=O)COc2ccc(S(=O)(=O)N3CCCCC3)cc2C)cc1. The van der Waals surface area contributed by atoms with Crippen LogP contribution in [0.2, 0.25) is 0 Å². The van der Waals surface area contributed by atoms with Crippen LogP contribution in [-0.2, 0) is 14.8 Å². The number of nitrogens with one attached hydrogen (secondary N) is 1. The van der Waals surface area contributed by atoms with Crippen LogP contribution in [0.3, 0.4) is 0 Å². The van der Waals surface area contributed by atoms with Gasteiger partial charge in [0.25, 0.3) is 5.91 Å². The molecular weight excluding hydrogens is 376 g/mol. The summed E-state index contributed by atoms with van der Waals surface area (Å²) in [5.41, 5.74) is 2.50. The molecule has 0 aromatic heterocycles. The lowest BCUT2D eigenvalue weighted by molar-refractivity contribution is -0.118. The molecule has 0 unspecified atom stereocenters. The second-order valence-electron chi connectivity index (χ2n) is 7.09. The van der Waals surface area contributed by atoms with E-state index in [0.29, 0.717) is 30.1 Å². The topological polar surface area (TPSA) is 75.7 Å². The van der Waals surface area contributed by atoms with Gasteiger partial charge in [-0.3, -0.25) is 4.79 Å². The maximum absolute atomic E-state index is 12.8. The van der Waals surface area contributed by atoms with Gasteiger partial charge in [-0.05, 0) is 62.6 Å². The van der Waals surface area contributed by atoms with Gasteiger partial charge in [0.15, 0.2) is 6.61 Å². The molecule has 1 saturated heterocycles. The van der Waals surface area contributed by atoms with Crippen molar-refractivity contribution in [3.8, 4) is 5.75 Å². The number of benzene rings is 2. The van der Waals surface area contributed by atoms with Crippen LogP contribution in [0, 0.1) is 13.8 Å². The molecule has 3 rings (SSSR count). The number of sulfonamides is 1. The van der Waals surface area contributed by atoms with Crippen molar-refractivity contribution >= 4 is 21.6 Å². The maximum atomic E-state index is 12.8. The molecule has 1 aliphatic rings. The first-order valence-electron chi connectivity index (χ1n) is 9.46. The van der Waals surface area contributed by atoms with E-state index in [1.807, 2.05) is 31.2 Å². The molecule has 1 fully saturated rings. The number of piperidine rings is 1. The Hall–Kier alpha value is -2.38. The van der Waals surface area contributed by atoms with Crippen LogP contribution in [-0.4, -0.2) is 38.3 Å². The molecule has 6 nitrogen and oxygen atoms in total. The number of carbonyl (C=O) groups excluding carboxylic acids is 1. The van der Waals surface area contributed by atoms with Crippen LogP contribution in [0.4, 0.5) is 5.69 Å². The highest BCUT2D eigenvalue weighted by molar-refractivity contribution is 7.89. The third-order valence-electron chi connectivity index (χ3n) is 4.79. The molecule has 1 N–H and O–H groups in total. The lowest BCUT2D eigenvalue weighted by atomic mass is 10.2. The van der Waals surface area contributed by atoms with Gasteiger partial charge in [-0.15, -0.1) is 0 Å². The summed E-state index contributed by atoms with van der Waals surface area (Å²) in [6.07, 6.45) is 2.87. The van der Waals surface area contributed by atoms with Crippen LogP contribution in [0.1, 0.15) is 30.4 Å². The van der Waals surface area contributed by atoms with Crippen molar-refractivity contribution in [3.63, 3.8) is 0 Å². The zero-order valence-electron chi connectivity index (χ0n) is 16.3.